The van der Waals surface area contributed by atoms with Crippen molar-refractivity contribution in [3.05, 3.63) is 70.2 Å². The Balaban J connectivity index is 2.52. The van der Waals surface area contributed by atoms with Gasteiger partial charge in [-0.2, -0.15) is 18.4 Å². The van der Waals surface area contributed by atoms with Crippen LogP contribution in [0.5, 0.6) is 0 Å². The number of alkyl halides is 3. The first-order valence-corrected chi connectivity index (χ1v) is 6.33. The number of allylic oxidation sites excluding steroid dienone is 1. The molecule has 0 saturated carbocycles. The van der Waals surface area contributed by atoms with Gasteiger partial charge in [-0.15, -0.1) is 0 Å². The van der Waals surface area contributed by atoms with E-state index in [9.17, 15) is 18.4 Å². The molecule has 1 nitrogen and oxygen atoms in total. The van der Waals surface area contributed by atoms with Crippen LogP contribution in [-0.4, -0.2) is 0 Å². The lowest BCUT2D eigenvalue weighted by molar-refractivity contribution is -0.137. The number of rotatable bonds is 2. The van der Waals surface area contributed by atoms with Gasteiger partial charge in [0.05, 0.1) is 17.2 Å². The van der Waals surface area contributed by atoms with Crippen molar-refractivity contribution < 1.29 is 13.2 Å². The van der Waals surface area contributed by atoms with Crippen molar-refractivity contribution >= 4 is 23.3 Å². The van der Waals surface area contributed by atoms with Gasteiger partial charge in [-0.05, 0) is 35.4 Å². The van der Waals surface area contributed by atoms with Gasteiger partial charge >= 0.3 is 6.18 Å². The fourth-order valence-corrected chi connectivity index (χ4v) is 1.97. The molecule has 0 radical (unpaired) electrons. The van der Waals surface area contributed by atoms with Crippen LogP contribution in [-0.2, 0) is 6.18 Å². The molecule has 106 valence electrons. The van der Waals surface area contributed by atoms with Gasteiger partial charge in [0.2, 0.25) is 0 Å². The predicted octanol–water partition coefficient (Wildman–Crippen LogP) is 5.42. The van der Waals surface area contributed by atoms with Crippen LogP contribution in [0.1, 0.15) is 16.7 Å². The first-order chi connectivity index (χ1) is 9.91. The van der Waals surface area contributed by atoms with E-state index in [1.165, 1.54) is 24.3 Å². The SMILES string of the molecule is N#CC(=Cc1ccccc1C(F)(F)F)c1ccc(Cl)cc1. The standard InChI is InChI=1S/C16H9ClF3N/c17-14-7-5-11(6-8-14)13(10-21)9-12-3-1-2-4-15(12)16(18,19)20/h1-9H. The molecule has 0 spiro atoms. The van der Waals surface area contributed by atoms with Gasteiger partial charge in [-0.25, -0.2) is 0 Å². The molecule has 0 heterocycles. The first-order valence-electron chi connectivity index (χ1n) is 5.96. The van der Waals surface area contributed by atoms with Crippen LogP contribution in [0.4, 0.5) is 13.2 Å². The summed E-state index contributed by atoms with van der Waals surface area (Å²) in [6.45, 7) is 0. The molecule has 0 N–H and O–H groups in total. The summed E-state index contributed by atoms with van der Waals surface area (Å²) < 4.78 is 38.8. The highest BCUT2D eigenvalue weighted by Crippen LogP contribution is 2.33. The average molecular weight is 308 g/mol. The number of hydrogen-bond donors (Lipinski definition) is 0. The number of nitrogens with zero attached hydrogens (tertiary/aromatic N) is 1. The Labute approximate surface area is 124 Å². The Morgan fingerprint density at radius 1 is 1.05 bits per heavy atom. The van der Waals surface area contributed by atoms with Crippen LogP contribution in [0.25, 0.3) is 11.6 Å². The third-order valence-corrected chi connectivity index (χ3v) is 3.09. The van der Waals surface area contributed by atoms with E-state index in [2.05, 4.69) is 0 Å². The van der Waals surface area contributed by atoms with Crippen LogP contribution in [0.15, 0.2) is 48.5 Å². The number of nitriles is 1. The van der Waals surface area contributed by atoms with Crippen molar-refractivity contribution in [3.8, 4) is 6.07 Å². The van der Waals surface area contributed by atoms with Gasteiger partial charge in [0.1, 0.15) is 0 Å². The lowest BCUT2D eigenvalue weighted by Crippen LogP contribution is -2.07. The van der Waals surface area contributed by atoms with Crippen LogP contribution >= 0.6 is 11.6 Å². The van der Waals surface area contributed by atoms with E-state index >= 15 is 0 Å². The highest BCUT2D eigenvalue weighted by atomic mass is 35.5. The minimum atomic E-state index is -4.46. The molecule has 2 aromatic rings. The van der Waals surface area contributed by atoms with Gasteiger partial charge < -0.3 is 0 Å². The molecule has 0 saturated heterocycles. The Bertz CT molecular complexity index is 710. The second-order valence-corrected chi connectivity index (χ2v) is 4.70. The topological polar surface area (TPSA) is 23.8 Å². The average Bonchev–Trinajstić information content (AvgIpc) is 2.45. The van der Waals surface area contributed by atoms with Gasteiger partial charge in [0, 0.05) is 5.02 Å². The Kier molecular flexibility index (Phi) is 4.35. The molecule has 0 fully saturated rings. The lowest BCUT2D eigenvalue weighted by atomic mass is 10.0. The normalized spacial score (nSPS) is 12.0. The second kappa shape index (κ2) is 6.02. The molecule has 0 bridgehead atoms. The fraction of sp³-hybridized carbons (Fsp3) is 0.0625. The van der Waals surface area contributed by atoms with Crippen LogP contribution < -0.4 is 0 Å². The van der Waals surface area contributed by atoms with Crippen molar-refractivity contribution in [1.82, 2.24) is 0 Å². The number of halogens is 4. The van der Waals surface area contributed by atoms with E-state index in [1.807, 2.05) is 6.07 Å². The third-order valence-electron chi connectivity index (χ3n) is 2.84. The van der Waals surface area contributed by atoms with E-state index in [-0.39, 0.29) is 11.1 Å². The Morgan fingerprint density at radius 3 is 2.24 bits per heavy atom. The van der Waals surface area contributed by atoms with E-state index in [0.29, 0.717) is 10.6 Å². The van der Waals surface area contributed by atoms with E-state index in [4.69, 9.17) is 11.6 Å². The van der Waals surface area contributed by atoms with Crippen molar-refractivity contribution in [2.45, 2.75) is 6.18 Å². The molecular formula is C16H9ClF3N. The van der Waals surface area contributed by atoms with Crippen molar-refractivity contribution in [2.75, 3.05) is 0 Å². The number of benzene rings is 2. The zero-order valence-corrected chi connectivity index (χ0v) is 11.4. The van der Waals surface area contributed by atoms with Crippen molar-refractivity contribution in [3.63, 3.8) is 0 Å². The summed E-state index contributed by atoms with van der Waals surface area (Å²) in [5.74, 6) is 0. The molecule has 0 atom stereocenters. The summed E-state index contributed by atoms with van der Waals surface area (Å²) in [5.41, 5.74) is -0.162. The molecule has 0 aromatic heterocycles. The number of hydrogen-bond acceptors (Lipinski definition) is 1. The molecule has 0 aliphatic carbocycles. The highest BCUT2D eigenvalue weighted by Gasteiger charge is 2.32. The summed E-state index contributed by atoms with van der Waals surface area (Å²) in [6.07, 6.45) is -3.24. The zero-order chi connectivity index (χ0) is 15.5. The quantitative estimate of drug-likeness (QED) is 0.536. The minimum Gasteiger partial charge on any atom is -0.192 e. The van der Waals surface area contributed by atoms with E-state index in [1.54, 1.807) is 24.3 Å². The zero-order valence-electron chi connectivity index (χ0n) is 10.7. The lowest BCUT2D eigenvalue weighted by Gasteiger charge is -2.10. The summed E-state index contributed by atoms with van der Waals surface area (Å²) >= 11 is 5.75. The molecule has 5 heteroatoms. The van der Waals surface area contributed by atoms with Gasteiger partial charge in [-0.3, -0.25) is 0 Å². The maximum absolute atomic E-state index is 12.9. The second-order valence-electron chi connectivity index (χ2n) is 4.26. The molecule has 0 aliphatic rings. The molecule has 0 unspecified atom stereocenters. The largest absolute Gasteiger partial charge is 0.416 e. The maximum Gasteiger partial charge on any atom is 0.416 e. The molecule has 2 rings (SSSR count). The summed E-state index contributed by atoms with van der Waals surface area (Å²) in [4.78, 5) is 0. The maximum atomic E-state index is 12.9. The predicted molar refractivity (Wildman–Crippen MR) is 76.4 cm³/mol. The highest BCUT2D eigenvalue weighted by molar-refractivity contribution is 6.30. The van der Waals surface area contributed by atoms with E-state index < -0.39 is 11.7 Å². The van der Waals surface area contributed by atoms with Crippen molar-refractivity contribution in [1.29, 1.82) is 5.26 Å². The van der Waals surface area contributed by atoms with Crippen LogP contribution in [0.3, 0.4) is 0 Å². The molecular weight excluding hydrogens is 299 g/mol. The molecule has 2 aromatic carbocycles. The summed E-state index contributed by atoms with van der Waals surface area (Å²) in [7, 11) is 0. The Morgan fingerprint density at radius 2 is 1.67 bits per heavy atom. The molecule has 0 amide bonds. The fourth-order valence-electron chi connectivity index (χ4n) is 1.85. The van der Waals surface area contributed by atoms with Crippen LogP contribution in [0, 0.1) is 11.3 Å². The van der Waals surface area contributed by atoms with E-state index in [0.717, 1.165) is 6.07 Å². The van der Waals surface area contributed by atoms with Gasteiger partial charge in [-0.1, -0.05) is 41.9 Å². The van der Waals surface area contributed by atoms with Gasteiger partial charge in [0.15, 0.2) is 0 Å². The third kappa shape index (κ3) is 3.65. The minimum absolute atomic E-state index is 0.0449. The summed E-state index contributed by atoms with van der Waals surface area (Å²) in [6, 6.07) is 13.4. The monoisotopic (exact) mass is 307 g/mol. The molecule has 0 aliphatic heterocycles. The van der Waals surface area contributed by atoms with Crippen molar-refractivity contribution in [2.24, 2.45) is 0 Å². The first kappa shape index (κ1) is 15.1. The van der Waals surface area contributed by atoms with Crippen LogP contribution in [0.2, 0.25) is 5.02 Å². The summed E-state index contributed by atoms with van der Waals surface area (Å²) in [5, 5.41) is 9.66. The Hall–Kier alpha value is -2.25. The smallest absolute Gasteiger partial charge is 0.192 e. The van der Waals surface area contributed by atoms with Gasteiger partial charge in [0.25, 0.3) is 0 Å². The molecule has 21 heavy (non-hydrogen) atoms.